The van der Waals surface area contributed by atoms with Crippen LogP contribution in [-0.4, -0.2) is 32.1 Å². The van der Waals surface area contributed by atoms with E-state index in [1.165, 1.54) is 6.07 Å². The molecule has 0 aromatic heterocycles. The fraction of sp³-hybridized carbons (Fsp3) is 0.500. The van der Waals surface area contributed by atoms with Crippen LogP contribution in [0.3, 0.4) is 0 Å². The molecule has 1 amide bonds. The van der Waals surface area contributed by atoms with Crippen LogP contribution in [0.5, 0.6) is 0 Å². The monoisotopic (exact) mass is 265 g/mol. The minimum atomic E-state index is -0.218. The standard InChI is InChI=1S/C14H20FN3O/c1-2-16-10-11-4-3-5-12(15)14(11)18-8-6-13(19)17-7-9-18/h3-5,16H,2,6-10H2,1H3,(H,17,19). The van der Waals surface area contributed by atoms with Gasteiger partial charge < -0.3 is 15.5 Å². The van der Waals surface area contributed by atoms with Gasteiger partial charge in [-0.05, 0) is 18.2 Å². The summed E-state index contributed by atoms with van der Waals surface area (Å²) in [6.45, 7) is 5.27. The van der Waals surface area contributed by atoms with Crippen molar-refractivity contribution in [3.05, 3.63) is 29.6 Å². The number of nitrogens with one attached hydrogen (secondary N) is 2. The van der Waals surface area contributed by atoms with Gasteiger partial charge in [-0.3, -0.25) is 4.79 Å². The van der Waals surface area contributed by atoms with Gasteiger partial charge in [0.15, 0.2) is 0 Å². The van der Waals surface area contributed by atoms with Crippen molar-refractivity contribution in [3.8, 4) is 0 Å². The van der Waals surface area contributed by atoms with E-state index in [0.717, 1.165) is 12.1 Å². The van der Waals surface area contributed by atoms with E-state index >= 15 is 0 Å². The van der Waals surface area contributed by atoms with Crippen LogP contribution in [0, 0.1) is 5.82 Å². The smallest absolute Gasteiger partial charge is 0.221 e. The zero-order valence-electron chi connectivity index (χ0n) is 11.2. The van der Waals surface area contributed by atoms with Gasteiger partial charge in [0.05, 0.1) is 5.69 Å². The third-order valence-electron chi connectivity index (χ3n) is 3.26. The molecule has 0 radical (unpaired) electrons. The lowest BCUT2D eigenvalue weighted by Gasteiger charge is -2.25. The van der Waals surface area contributed by atoms with Crippen LogP contribution in [-0.2, 0) is 11.3 Å². The van der Waals surface area contributed by atoms with Crippen LogP contribution < -0.4 is 15.5 Å². The second-order valence-corrected chi connectivity index (χ2v) is 4.61. The number of benzene rings is 1. The predicted molar refractivity (Wildman–Crippen MR) is 73.6 cm³/mol. The molecule has 1 aromatic rings. The maximum Gasteiger partial charge on any atom is 0.221 e. The van der Waals surface area contributed by atoms with Gasteiger partial charge in [-0.15, -0.1) is 0 Å². The Balaban J connectivity index is 2.23. The van der Waals surface area contributed by atoms with E-state index in [1.54, 1.807) is 6.07 Å². The average Bonchev–Trinajstić information content (AvgIpc) is 2.61. The van der Waals surface area contributed by atoms with E-state index in [0.29, 0.717) is 38.3 Å². The first-order valence-electron chi connectivity index (χ1n) is 6.72. The third kappa shape index (κ3) is 3.44. The number of amides is 1. The van der Waals surface area contributed by atoms with E-state index in [4.69, 9.17) is 0 Å². The Morgan fingerprint density at radius 2 is 2.26 bits per heavy atom. The Morgan fingerprint density at radius 1 is 1.42 bits per heavy atom. The lowest BCUT2D eigenvalue weighted by molar-refractivity contribution is -0.120. The Kier molecular flexibility index (Phi) is 4.74. The summed E-state index contributed by atoms with van der Waals surface area (Å²) in [6, 6.07) is 5.14. The maximum absolute atomic E-state index is 14.1. The lowest BCUT2D eigenvalue weighted by atomic mass is 10.1. The third-order valence-corrected chi connectivity index (χ3v) is 3.26. The molecular weight excluding hydrogens is 245 g/mol. The van der Waals surface area contributed by atoms with Crippen molar-refractivity contribution >= 4 is 11.6 Å². The Hall–Kier alpha value is -1.62. The first kappa shape index (κ1) is 13.8. The van der Waals surface area contributed by atoms with Crippen molar-refractivity contribution < 1.29 is 9.18 Å². The average molecular weight is 265 g/mol. The van der Waals surface area contributed by atoms with E-state index in [1.807, 2.05) is 17.9 Å². The van der Waals surface area contributed by atoms with Crippen LogP contribution in [0.1, 0.15) is 18.9 Å². The lowest BCUT2D eigenvalue weighted by Crippen LogP contribution is -2.30. The van der Waals surface area contributed by atoms with Gasteiger partial charge in [0.1, 0.15) is 5.82 Å². The van der Waals surface area contributed by atoms with Crippen LogP contribution in [0.25, 0.3) is 0 Å². The number of halogens is 1. The SMILES string of the molecule is CCNCc1cccc(F)c1N1CCNC(=O)CC1. The van der Waals surface area contributed by atoms with E-state index in [2.05, 4.69) is 10.6 Å². The molecule has 1 saturated heterocycles. The summed E-state index contributed by atoms with van der Waals surface area (Å²) < 4.78 is 14.1. The van der Waals surface area contributed by atoms with Crippen LogP contribution in [0.4, 0.5) is 10.1 Å². The molecule has 0 atom stereocenters. The summed E-state index contributed by atoms with van der Waals surface area (Å²) >= 11 is 0. The van der Waals surface area contributed by atoms with Gasteiger partial charge in [-0.2, -0.15) is 0 Å². The molecule has 2 rings (SSSR count). The molecule has 1 aliphatic heterocycles. The molecule has 4 nitrogen and oxygen atoms in total. The minimum absolute atomic E-state index is 0.0343. The number of para-hydroxylation sites is 1. The van der Waals surface area contributed by atoms with Gasteiger partial charge >= 0.3 is 0 Å². The van der Waals surface area contributed by atoms with E-state index in [9.17, 15) is 9.18 Å². The molecule has 1 fully saturated rings. The van der Waals surface area contributed by atoms with Gasteiger partial charge in [-0.1, -0.05) is 19.1 Å². The van der Waals surface area contributed by atoms with Crippen LogP contribution >= 0.6 is 0 Å². The highest BCUT2D eigenvalue weighted by Crippen LogP contribution is 2.25. The summed E-state index contributed by atoms with van der Waals surface area (Å²) in [5.41, 5.74) is 1.57. The Labute approximate surface area is 113 Å². The van der Waals surface area contributed by atoms with Crippen molar-refractivity contribution in [2.24, 2.45) is 0 Å². The number of rotatable bonds is 4. The summed E-state index contributed by atoms with van der Waals surface area (Å²) in [6.07, 6.45) is 0.412. The van der Waals surface area contributed by atoms with E-state index in [-0.39, 0.29) is 11.7 Å². The first-order valence-corrected chi connectivity index (χ1v) is 6.72. The second kappa shape index (κ2) is 6.52. The topological polar surface area (TPSA) is 44.4 Å². The normalized spacial score (nSPS) is 16.1. The molecule has 0 bridgehead atoms. The fourth-order valence-electron chi connectivity index (χ4n) is 2.31. The molecule has 0 unspecified atom stereocenters. The second-order valence-electron chi connectivity index (χ2n) is 4.61. The molecule has 1 heterocycles. The van der Waals surface area contributed by atoms with Crippen molar-refractivity contribution in [2.45, 2.75) is 19.9 Å². The van der Waals surface area contributed by atoms with E-state index < -0.39 is 0 Å². The molecule has 19 heavy (non-hydrogen) atoms. The van der Waals surface area contributed by atoms with Crippen molar-refractivity contribution in [2.75, 3.05) is 31.1 Å². The summed E-state index contributed by atoms with van der Waals surface area (Å²) in [5.74, 6) is -0.183. The van der Waals surface area contributed by atoms with Crippen LogP contribution in [0.15, 0.2) is 18.2 Å². The highest BCUT2D eigenvalue weighted by molar-refractivity contribution is 5.77. The van der Waals surface area contributed by atoms with Crippen molar-refractivity contribution in [3.63, 3.8) is 0 Å². The zero-order chi connectivity index (χ0) is 13.7. The fourth-order valence-corrected chi connectivity index (χ4v) is 2.31. The number of hydrogen-bond donors (Lipinski definition) is 2. The number of hydrogen-bond acceptors (Lipinski definition) is 3. The molecule has 0 saturated carbocycles. The van der Waals surface area contributed by atoms with Gasteiger partial charge in [0.2, 0.25) is 5.91 Å². The van der Waals surface area contributed by atoms with Gasteiger partial charge in [0.25, 0.3) is 0 Å². The molecule has 1 aliphatic rings. The molecule has 5 heteroatoms. The van der Waals surface area contributed by atoms with Gasteiger partial charge in [-0.25, -0.2) is 4.39 Å². The number of anilines is 1. The molecule has 0 spiro atoms. The Bertz CT molecular complexity index is 450. The van der Waals surface area contributed by atoms with Crippen molar-refractivity contribution in [1.82, 2.24) is 10.6 Å². The highest BCUT2D eigenvalue weighted by atomic mass is 19.1. The maximum atomic E-state index is 14.1. The summed E-state index contributed by atoms with van der Waals surface area (Å²) in [5, 5.41) is 6.03. The first-order chi connectivity index (χ1) is 9.22. The molecule has 0 aliphatic carbocycles. The Morgan fingerprint density at radius 3 is 3.05 bits per heavy atom. The molecule has 104 valence electrons. The number of nitrogens with zero attached hydrogens (tertiary/aromatic N) is 1. The van der Waals surface area contributed by atoms with Crippen molar-refractivity contribution in [1.29, 1.82) is 0 Å². The largest absolute Gasteiger partial charge is 0.367 e. The quantitative estimate of drug-likeness (QED) is 0.861. The highest BCUT2D eigenvalue weighted by Gasteiger charge is 2.19. The summed E-state index contributed by atoms with van der Waals surface area (Å²) in [7, 11) is 0. The van der Waals surface area contributed by atoms with Gasteiger partial charge in [0, 0.05) is 32.6 Å². The molecular formula is C14H20FN3O. The summed E-state index contributed by atoms with van der Waals surface area (Å²) in [4.78, 5) is 13.3. The molecule has 2 N–H and O–H groups in total. The number of carbonyl (C=O) groups is 1. The van der Waals surface area contributed by atoms with Crippen LogP contribution in [0.2, 0.25) is 0 Å². The minimum Gasteiger partial charge on any atom is -0.367 e. The predicted octanol–water partition coefficient (Wildman–Crippen LogP) is 1.26. The molecule has 1 aromatic carbocycles. The number of carbonyl (C=O) groups excluding carboxylic acids is 1. The zero-order valence-corrected chi connectivity index (χ0v) is 11.2.